The molecule has 0 unspecified atom stereocenters. The van der Waals surface area contributed by atoms with Crippen molar-refractivity contribution in [2.45, 2.75) is 12.5 Å². The van der Waals surface area contributed by atoms with Crippen LogP contribution in [0, 0.1) is 0 Å². The van der Waals surface area contributed by atoms with Gasteiger partial charge in [0.25, 0.3) is 0 Å². The lowest BCUT2D eigenvalue weighted by Gasteiger charge is -2.12. The summed E-state index contributed by atoms with van der Waals surface area (Å²) in [6.07, 6.45) is 0.358. The van der Waals surface area contributed by atoms with Gasteiger partial charge in [-0.3, -0.25) is 0 Å². The summed E-state index contributed by atoms with van der Waals surface area (Å²) >= 11 is 0. The van der Waals surface area contributed by atoms with Crippen molar-refractivity contribution in [3.63, 3.8) is 0 Å². The fourth-order valence-corrected chi connectivity index (χ4v) is 1.13. The van der Waals surface area contributed by atoms with Gasteiger partial charge in [0, 0.05) is 18.2 Å². The van der Waals surface area contributed by atoms with E-state index in [1.165, 1.54) is 18.2 Å². The highest BCUT2D eigenvalue weighted by atomic mass is 35.5. The monoisotopic (exact) mass is 219 g/mol. The van der Waals surface area contributed by atoms with Crippen molar-refractivity contribution in [2.24, 2.45) is 5.73 Å². The second-order valence-electron chi connectivity index (χ2n) is 2.86. The number of phenolic OH excluding ortho intramolecular Hbond substituents is 2. The summed E-state index contributed by atoms with van der Waals surface area (Å²) in [6, 6.07) is 3.71. The zero-order chi connectivity index (χ0) is 9.84. The molecule has 80 valence electrons. The summed E-state index contributed by atoms with van der Waals surface area (Å²) in [7, 11) is 0. The maximum Gasteiger partial charge on any atom is 0.120 e. The Kier molecular flexibility index (Phi) is 5.30. The molecule has 0 fully saturated rings. The first kappa shape index (κ1) is 13.0. The summed E-state index contributed by atoms with van der Waals surface area (Å²) in [5.74, 6) is 0.0972. The van der Waals surface area contributed by atoms with Gasteiger partial charge in [-0.05, 0) is 24.6 Å². The molecule has 1 aromatic carbocycles. The van der Waals surface area contributed by atoms with Crippen LogP contribution in [0.2, 0.25) is 0 Å². The molecule has 0 bridgehead atoms. The lowest BCUT2D eigenvalue weighted by molar-refractivity contribution is 0.275. The van der Waals surface area contributed by atoms with Crippen LogP contribution in [0.1, 0.15) is 18.0 Å². The van der Waals surface area contributed by atoms with E-state index in [9.17, 15) is 5.11 Å². The molecule has 0 amide bonds. The van der Waals surface area contributed by atoms with Crippen molar-refractivity contribution in [1.82, 2.24) is 0 Å². The summed E-state index contributed by atoms with van der Waals surface area (Å²) in [5, 5.41) is 27.1. The van der Waals surface area contributed by atoms with Gasteiger partial charge < -0.3 is 21.1 Å². The number of benzene rings is 1. The molecular formula is C9H14ClNO3. The first-order valence-electron chi connectivity index (χ1n) is 4.03. The molecule has 0 spiro atoms. The highest BCUT2D eigenvalue weighted by Gasteiger charge is 2.10. The minimum Gasteiger partial charge on any atom is -0.508 e. The van der Waals surface area contributed by atoms with E-state index < -0.39 is 6.04 Å². The summed E-state index contributed by atoms with van der Waals surface area (Å²) < 4.78 is 0. The van der Waals surface area contributed by atoms with E-state index in [0.717, 1.165) is 0 Å². The molecule has 5 N–H and O–H groups in total. The third-order valence-electron chi connectivity index (χ3n) is 1.85. The van der Waals surface area contributed by atoms with Gasteiger partial charge in [0.2, 0.25) is 0 Å². The summed E-state index contributed by atoms with van der Waals surface area (Å²) in [4.78, 5) is 0. The van der Waals surface area contributed by atoms with Crippen LogP contribution in [0.5, 0.6) is 11.5 Å². The van der Waals surface area contributed by atoms with Gasteiger partial charge in [-0.2, -0.15) is 0 Å². The topological polar surface area (TPSA) is 86.7 Å². The first-order valence-corrected chi connectivity index (χ1v) is 4.03. The van der Waals surface area contributed by atoms with Gasteiger partial charge in [0.15, 0.2) is 0 Å². The fraction of sp³-hybridized carbons (Fsp3) is 0.333. The SMILES string of the molecule is Cl.N[C@@H](CCO)c1cc(O)ccc1O. The molecule has 0 heterocycles. The van der Waals surface area contributed by atoms with Crippen LogP contribution in [-0.2, 0) is 0 Å². The van der Waals surface area contributed by atoms with Gasteiger partial charge in [0.1, 0.15) is 11.5 Å². The molecule has 0 aromatic heterocycles. The zero-order valence-electron chi connectivity index (χ0n) is 7.55. The number of aliphatic hydroxyl groups excluding tert-OH is 1. The maximum atomic E-state index is 9.36. The predicted octanol–water partition coefficient (Wildman–Crippen LogP) is 0.902. The van der Waals surface area contributed by atoms with Crippen LogP contribution in [0.4, 0.5) is 0 Å². The van der Waals surface area contributed by atoms with Gasteiger partial charge >= 0.3 is 0 Å². The zero-order valence-corrected chi connectivity index (χ0v) is 8.37. The van der Waals surface area contributed by atoms with E-state index in [4.69, 9.17) is 15.9 Å². The van der Waals surface area contributed by atoms with Crippen molar-refractivity contribution < 1.29 is 15.3 Å². The van der Waals surface area contributed by atoms with E-state index in [1.807, 2.05) is 0 Å². The maximum absolute atomic E-state index is 9.36. The Bertz CT molecular complexity index is 293. The standard InChI is InChI=1S/C9H13NO3.ClH/c10-8(3-4-11)7-5-6(12)1-2-9(7)13;/h1-2,5,8,11-13H,3-4,10H2;1H/t8-;/m0./s1. The first-order chi connectivity index (χ1) is 6.15. The lowest BCUT2D eigenvalue weighted by atomic mass is 10.0. The molecule has 1 atom stereocenters. The van der Waals surface area contributed by atoms with Crippen LogP contribution in [0.15, 0.2) is 18.2 Å². The fourth-order valence-electron chi connectivity index (χ4n) is 1.13. The van der Waals surface area contributed by atoms with Gasteiger partial charge in [0.05, 0.1) is 0 Å². The van der Waals surface area contributed by atoms with Gasteiger partial charge in [-0.15, -0.1) is 12.4 Å². The van der Waals surface area contributed by atoms with E-state index in [2.05, 4.69) is 0 Å². The number of hydrogen-bond donors (Lipinski definition) is 4. The predicted molar refractivity (Wildman–Crippen MR) is 55.7 cm³/mol. The molecular weight excluding hydrogens is 206 g/mol. The molecule has 0 saturated carbocycles. The van der Waals surface area contributed by atoms with Crippen LogP contribution in [0.3, 0.4) is 0 Å². The number of nitrogens with two attached hydrogens (primary N) is 1. The number of aliphatic hydroxyl groups is 1. The minimum absolute atomic E-state index is 0. The molecule has 0 aliphatic carbocycles. The largest absolute Gasteiger partial charge is 0.508 e. The number of halogens is 1. The molecule has 4 nitrogen and oxygen atoms in total. The quantitative estimate of drug-likeness (QED) is 0.569. The highest BCUT2D eigenvalue weighted by molar-refractivity contribution is 5.85. The van der Waals surface area contributed by atoms with Crippen molar-refractivity contribution >= 4 is 12.4 Å². The molecule has 1 rings (SSSR count). The molecule has 0 aliphatic rings. The number of aromatic hydroxyl groups is 2. The third-order valence-corrected chi connectivity index (χ3v) is 1.85. The van der Waals surface area contributed by atoms with Crippen molar-refractivity contribution in [3.05, 3.63) is 23.8 Å². The van der Waals surface area contributed by atoms with Crippen LogP contribution < -0.4 is 5.73 Å². The number of rotatable bonds is 3. The molecule has 14 heavy (non-hydrogen) atoms. The van der Waals surface area contributed by atoms with Crippen molar-refractivity contribution in [3.8, 4) is 11.5 Å². The van der Waals surface area contributed by atoms with Crippen LogP contribution >= 0.6 is 12.4 Å². The Morgan fingerprint density at radius 2 is 1.93 bits per heavy atom. The average molecular weight is 220 g/mol. The van der Waals surface area contributed by atoms with E-state index >= 15 is 0 Å². The molecule has 5 heteroatoms. The Morgan fingerprint density at radius 3 is 2.50 bits per heavy atom. The number of phenols is 2. The molecule has 1 aromatic rings. The van der Waals surface area contributed by atoms with Crippen molar-refractivity contribution in [1.29, 1.82) is 0 Å². The Hall–Kier alpha value is -0.970. The Morgan fingerprint density at radius 1 is 1.29 bits per heavy atom. The Balaban J connectivity index is 0.00000169. The summed E-state index contributed by atoms with van der Waals surface area (Å²) in [5.41, 5.74) is 6.10. The van der Waals surface area contributed by atoms with Gasteiger partial charge in [-0.1, -0.05) is 0 Å². The van der Waals surface area contributed by atoms with Crippen LogP contribution in [0.25, 0.3) is 0 Å². The normalized spacial score (nSPS) is 11.9. The van der Waals surface area contributed by atoms with Crippen molar-refractivity contribution in [2.75, 3.05) is 6.61 Å². The van der Waals surface area contributed by atoms with E-state index in [-0.39, 0.29) is 30.5 Å². The second kappa shape index (κ2) is 5.70. The average Bonchev–Trinajstić information content (AvgIpc) is 2.09. The van der Waals surface area contributed by atoms with E-state index in [1.54, 1.807) is 0 Å². The molecule has 0 saturated heterocycles. The summed E-state index contributed by atoms with van der Waals surface area (Å²) in [6.45, 7) is -0.0454. The third kappa shape index (κ3) is 3.06. The molecule has 0 aliphatic heterocycles. The van der Waals surface area contributed by atoms with Gasteiger partial charge in [-0.25, -0.2) is 0 Å². The van der Waals surface area contributed by atoms with Crippen LogP contribution in [-0.4, -0.2) is 21.9 Å². The minimum atomic E-state index is -0.447. The number of hydrogen-bond acceptors (Lipinski definition) is 4. The molecule has 0 radical (unpaired) electrons. The Labute approximate surface area is 88.4 Å². The van der Waals surface area contributed by atoms with E-state index in [0.29, 0.717) is 12.0 Å². The smallest absolute Gasteiger partial charge is 0.120 e. The second-order valence-corrected chi connectivity index (χ2v) is 2.86. The highest BCUT2D eigenvalue weighted by Crippen LogP contribution is 2.27. The lowest BCUT2D eigenvalue weighted by Crippen LogP contribution is -2.11.